The molecule has 2 aromatic heterocycles. The predicted octanol–water partition coefficient (Wildman–Crippen LogP) is 3.48. The summed E-state index contributed by atoms with van der Waals surface area (Å²) in [5, 5.41) is 11.9. The molecule has 1 fully saturated rings. The minimum absolute atomic E-state index is 0. The van der Waals surface area contributed by atoms with Gasteiger partial charge in [-0.1, -0.05) is 23.7 Å². The molecule has 1 aromatic carbocycles. The molecule has 1 saturated heterocycles. The number of halogens is 2. The van der Waals surface area contributed by atoms with Gasteiger partial charge in [0.05, 0.1) is 10.7 Å². The van der Waals surface area contributed by atoms with Crippen molar-refractivity contribution in [2.45, 2.75) is 19.0 Å². The molecular formula is C21H25ClIN7. The van der Waals surface area contributed by atoms with E-state index in [0.717, 1.165) is 42.5 Å². The van der Waals surface area contributed by atoms with Crippen molar-refractivity contribution in [1.82, 2.24) is 25.4 Å². The second kappa shape index (κ2) is 10.6. The van der Waals surface area contributed by atoms with Crippen LogP contribution in [-0.4, -0.2) is 46.9 Å². The van der Waals surface area contributed by atoms with Gasteiger partial charge in [-0.05, 0) is 42.3 Å². The maximum atomic E-state index is 6.29. The fraction of sp³-hybridized carbons (Fsp3) is 0.286. The lowest BCUT2D eigenvalue weighted by Crippen LogP contribution is -2.44. The Kier molecular flexibility index (Phi) is 7.92. The van der Waals surface area contributed by atoms with Crippen LogP contribution in [0.1, 0.15) is 12.0 Å². The van der Waals surface area contributed by atoms with Crippen molar-refractivity contribution in [3.63, 3.8) is 0 Å². The van der Waals surface area contributed by atoms with E-state index in [1.54, 1.807) is 19.4 Å². The molecule has 7 nitrogen and oxygen atoms in total. The molecule has 9 heteroatoms. The van der Waals surface area contributed by atoms with E-state index in [4.69, 9.17) is 11.6 Å². The van der Waals surface area contributed by atoms with Crippen LogP contribution in [0.5, 0.6) is 0 Å². The lowest BCUT2D eigenvalue weighted by molar-refractivity contribution is 0.648. The molecule has 3 heterocycles. The molecule has 0 aliphatic carbocycles. The van der Waals surface area contributed by atoms with Gasteiger partial charge in [0, 0.05) is 51.3 Å². The van der Waals surface area contributed by atoms with Crippen LogP contribution in [0.15, 0.2) is 66.0 Å². The molecule has 30 heavy (non-hydrogen) atoms. The van der Waals surface area contributed by atoms with Crippen LogP contribution in [0.4, 0.5) is 5.82 Å². The highest BCUT2D eigenvalue weighted by Gasteiger charge is 2.25. The molecule has 0 radical (unpaired) electrons. The third-order valence-electron chi connectivity index (χ3n) is 4.93. The Morgan fingerprint density at radius 1 is 1.23 bits per heavy atom. The molecule has 1 atom stereocenters. The van der Waals surface area contributed by atoms with Gasteiger partial charge in [0.1, 0.15) is 5.82 Å². The molecule has 0 bridgehead atoms. The quantitative estimate of drug-likeness (QED) is 0.296. The number of nitrogens with one attached hydrogen (secondary N) is 2. The molecule has 0 spiro atoms. The Hall–Kier alpha value is -2.33. The van der Waals surface area contributed by atoms with Gasteiger partial charge in [-0.25, -0.2) is 9.67 Å². The Balaban J connectivity index is 0.00000256. The number of hydrogen-bond acceptors (Lipinski definition) is 4. The second-order valence-corrected chi connectivity index (χ2v) is 7.34. The molecule has 1 aliphatic heterocycles. The number of rotatable bonds is 5. The zero-order valence-electron chi connectivity index (χ0n) is 16.7. The third kappa shape index (κ3) is 5.42. The molecule has 1 aliphatic rings. The van der Waals surface area contributed by atoms with E-state index < -0.39 is 0 Å². The minimum atomic E-state index is 0. The first-order chi connectivity index (χ1) is 14.2. The van der Waals surface area contributed by atoms with Crippen molar-refractivity contribution in [3.05, 3.63) is 71.6 Å². The molecular weight excluding hydrogens is 513 g/mol. The highest BCUT2D eigenvalue weighted by molar-refractivity contribution is 14.0. The van der Waals surface area contributed by atoms with Crippen molar-refractivity contribution in [2.75, 3.05) is 25.0 Å². The Labute approximate surface area is 198 Å². The number of nitrogens with zero attached hydrogens (tertiary/aromatic N) is 5. The zero-order chi connectivity index (χ0) is 20.1. The fourth-order valence-electron chi connectivity index (χ4n) is 3.48. The number of anilines is 1. The van der Waals surface area contributed by atoms with Crippen LogP contribution >= 0.6 is 35.6 Å². The summed E-state index contributed by atoms with van der Waals surface area (Å²) in [6.07, 6.45) is 6.49. The van der Waals surface area contributed by atoms with Crippen LogP contribution in [0.2, 0.25) is 5.02 Å². The van der Waals surface area contributed by atoms with E-state index in [-0.39, 0.29) is 30.0 Å². The monoisotopic (exact) mass is 537 g/mol. The largest absolute Gasteiger partial charge is 0.353 e. The number of benzene rings is 1. The van der Waals surface area contributed by atoms with Gasteiger partial charge >= 0.3 is 0 Å². The van der Waals surface area contributed by atoms with Crippen molar-refractivity contribution < 1.29 is 0 Å². The normalized spacial score (nSPS) is 16.3. The van der Waals surface area contributed by atoms with Gasteiger partial charge < -0.3 is 15.5 Å². The van der Waals surface area contributed by atoms with Crippen molar-refractivity contribution >= 4 is 47.4 Å². The van der Waals surface area contributed by atoms with Gasteiger partial charge in [-0.3, -0.25) is 4.99 Å². The van der Waals surface area contributed by atoms with Crippen LogP contribution in [-0.2, 0) is 6.54 Å². The topological polar surface area (TPSA) is 70.4 Å². The minimum Gasteiger partial charge on any atom is -0.353 e. The Morgan fingerprint density at radius 2 is 2.13 bits per heavy atom. The predicted molar refractivity (Wildman–Crippen MR) is 132 cm³/mol. The lowest BCUT2D eigenvalue weighted by atomic mass is 10.2. The van der Waals surface area contributed by atoms with Gasteiger partial charge in [0.25, 0.3) is 0 Å². The lowest BCUT2D eigenvalue weighted by Gasteiger charge is -2.20. The first-order valence-corrected chi connectivity index (χ1v) is 10.0. The summed E-state index contributed by atoms with van der Waals surface area (Å²) in [5.74, 6) is 1.63. The summed E-state index contributed by atoms with van der Waals surface area (Å²) in [4.78, 5) is 11.0. The summed E-state index contributed by atoms with van der Waals surface area (Å²) >= 11 is 6.29. The fourth-order valence-corrected chi connectivity index (χ4v) is 3.73. The molecule has 0 amide bonds. The van der Waals surface area contributed by atoms with Crippen LogP contribution in [0.3, 0.4) is 0 Å². The molecule has 3 aromatic rings. The summed E-state index contributed by atoms with van der Waals surface area (Å²) in [7, 11) is 1.79. The summed E-state index contributed by atoms with van der Waals surface area (Å²) in [6.45, 7) is 2.43. The smallest absolute Gasteiger partial charge is 0.191 e. The van der Waals surface area contributed by atoms with Gasteiger partial charge in [-0.15, -0.1) is 24.0 Å². The summed E-state index contributed by atoms with van der Waals surface area (Å²) in [5.41, 5.74) is 2.20. The summed E-state index contributed by atoms with van der Waals surface area (Å²) < 4.78 is 1.85. The van der Waals surface area contributed by atoms with E-state index in [0.29, 0.717) is 11.6 Å². The van der Waals surface area contributed by atoms with E-state index in [2.05, 4.69) is 42.7 Å². The first-order valence-electron chi connectivity index (χ1n) is 9.64. The van der Waals surface area contributed by atoms with E-state index in [1.807, 2.05) is 41.2 Å². The number of hydrogen-bond donors (Lipinski definition) is 2. The Bertz CT molecular complexity index is 977. The van der Waals surface area contributed by atoms with E-state index in [9.17, 15) is 0 Å². The highest BCUT2D eigenvalue weighted by atomic mass is 127. The standard InChI is InChI=1S/C21H24ClN7.HI/c1-23-21(25-14-16-5-2-6-18(13-16)29-11-4-10-26-29)27-17-8-12-28(15-17)20-19(22)7-3-9-24-20;/h2-7,9-11,13,17H,8,12,14-15H2,1H3,(H2,23,25,27);1H. The van der Waals surface area contributed by atoms with E-state index in [1.165, 1.54) is 0 Å². The van der Waals surface area contributed by atoms with Crippen LogP contribution < -0.4 is 15.5 Å². The Morgan fingerprint density at radius 3 is 2.90 bits per heavy atom. The second-order valence-electron chi connectivity index (χ2n) is 6.93. The van der Waals surface area contributed by atoms with Gasteiger partial charge in [-0.2, -0.15) is 5.10 Å². The van der Waals surface area contributed by atoms with Gasteiger partial charge in [0.2, 0.25) is 0 Å². The number of aliphatic imine (C=N–C) groups is 1. The van der Waals surface area contributed by atoms with Crippen LogP contribution in [0.25, 0.3) is 5.69 Å². The zero-order valence-corrected chi connectivity index (χ0v) is 19.8. The molecule has 0 saturated carbocycles. The molecule has 1 unspecified atom stereocenters. The van der Waals surface area contributed by atoms with Crippen molar-refractivity contribution in [1.29, 1.82) is 0 Å². The molecule has 2 N–H and O–H groups in total. The van der Waals surface area contributed by atoms with Crippen molar-refractivity contribution in [3.8, 4) is 5.69 Å². The maximum absolute atomic E-state index is 6.29. The number of aromatic nitrogens is 3. The number of guanidine groups is 1. The molecule has 158 valence electrons. The average Bonchev–Trinajstić information content (AvgIpc) is 3.44. The van der Waals surface area contributed by atoms with Crippen LogP contribution in [0, 0.1) is 0 Å². The SMILES string of the molecule is CN=C(NCc1cccc(-n2cccn2)c1)NC1CCN(c2ncccc2Cl)C1.I. The average molecular weight is 538 g/mol. The van der Waals surface area contributed by atoms with Crippen molar-refractivity contribution in [2.24, 2.45) is 4.99 Å². The third-order valence-corrected chi connectivity index (χ3v) is 5.23. The van der Waals surface area contributed by atoms with Gasteiger partial charge in [0.15, 0.2) is 5.96 Å². The van der Waals surface area contributed by atoms with E-state index >= 15 is 0 Å². The number of pyridine rings is 1. The highest BCUT2D eigenvalue weighted by Crippen LogP contribution is 2.25. The first kappa shape index (κ1) is 22.4. The summed E-state index contributed by atoms with van der Waals surface area (Å²) in [6, 6.07) is 14.2. The maximum Gasteiger partial charge on any atom is 0.191 e. The molecule has 4 rings (SSSR count).